The van der Waals surface area contributed by atoms with Gasteiger partial charge < -0.3 is 0 Å². The van der Waals surface area contributed by atoms with Crippen molar-refractivity contribution in [1.29, 1.82) is 0 Å². The van der Waals surface area contributed by atoms with Crippen LogP contribution in [0.3, 0.4) is 0 Å². The molecule has 19 heavy (non-hydrogen) atoms. The van der Waals surface area contributed by atoms with E-state index in [2.05, 4.69) is 15.9 Å². The molecule has 0 aliphatic rings. The molecule has 0 aliphatic carbocycles. The summed E-state index contributed by atoms with van der Waals surface area (Å²) in [5, 5.41) is 0. The molecule has 0 heterocycles. The summed E-state index contributed by atoms with van der Waals surface area (Å²) in [4.78, 5) is 12.1. The van der Waals surface area contributed by atoms with Crippen LogP contribution in [-0.2, 0) is 0 Å². The SMILES string of the molecule is Cc1cccc(C(=O)c2cc(F)c(F)cc2F)c1Br. The standard InChI is InChI=1S/C14H8BrF3O/c1-7-3-2-4-8(13(7)15)14(19)9-5-11(17)12(18)6-10(9)16/h2-6H,1H3. The van der Waals surface area contributed by atoms with Gasteiger partial charge in [-0.2, -0.15) is 0 Å². The van der Waals surface area contributed by atoms with Crippen LogP contribution in [0.5, 0.6) is 0 Å². The third-order valence-corrected chi connectivity index (χ3v) is 3.74. The van der Waals surface area contributed by atoms with E-state index in [1.807, 2.05) is 0 Å². The van der Waals surface area contributed by atoms with Gasteiger partial charge in [0.15, 0.2) is 17.4 Å². The predicted molar refractivity (Wildman–Crippen MR) is 68.6 cm³/mol. The third kappa shape index (κ3) is 2.56. The Bertz CT molecular complexity index is 668. The fourth-order valence-electron chi connectivity index (χ4n) is 1.66. The van der Waals surface area contributed by atoms with Crippen molar-refractivity contribution in [3.8, 4) is 0 Å². The van der Waals surface area contributed by atoms with Crippen molar-refractivity contribution in [2.75, 3.05) is 0 Å². The molecule has 0 N–H and O–H groups in total. The van der Waals surface area contributed by atoms with E-state index >= 15 is 0 Å². The Morgan fingerprint density at radius 1 is 1.00 bits per heavy atom. The summed E-state index contributed by atoms with van der Waals surface area (Å²) in [5.74, 6) is -4.37. The molecule has 0 atom stereocenters. The highest BCUT2D eigenvalue weighted by Crippen LogP contribution is 2.25. The van der Waals surface area contributed by atoms with Gasteiger partial charge in [-0.15, -0.1) is 0 Å². The van der Waals surface area contributed by atoms with Gasteiger partial charge in [-0.1, -0.05) is 12.1 Å². The van der Waals surface area contributed by atoms with Crippen LogP contribution >= 0.6 is 15.9 Å². The first kappa shape index (κ1) is 13.8. The zero-order valence-corrected chi connectivity index (χ0v) is 11.4. The molecule has 0 aromatic heterocycles. The first-order valence-electron chi connectivity index (χ1n) is 5.36. The lowest BCUT2D eigenvalue weighted by molar-refractivity contribution is 0.103. The average Bonchev–Trinajstić information content (AvgIpc) is 2.36. The number of carbonyl (C=O) groups excluding carboxylic acids is 1. The van der Waals surface area contributed by atoms with E-state index in [1.165, 1.54) is 6.07 Å². The maximum Gasteiger partial charge on any atom is 0.197 e. The summed E-state index contributed by atoms with van der Waals surface area (Å²) in [6.07, 6.45) is 0. The molecule has 98 valence electrons. The van der Waals surface area contributed by atoms with Crippen LogP contribution in [0.2, 0.25) is 0 Å². The van der Waals surface area contributed by atoms with Gasteiger partial charge in [0, 0.05) is 16.1 Å². The number of aryl methyl sites for hydroxylation is 1. The molecule has 2 aromatic carbocycles. The molecule has 2 rings (SSSR count). The second kappa shape index (κ2) is 5.17. The summed E-state index contributed by atoms with van der Waals surface area (Å²) in [5.41, 5.74) is 0.490. The zero-order chi connectivity index (χ0) is 14.2. The quantitative estimate of drug-likeness (QED) is 0.589. The fourth-order valence-corrected chi connectivity index (χ4v) is 2.11. The van der Waals surface area contributed by atoms with Gasteiger partial charge in [0.05, 0.1) is 5.56 Å². The van der Waals surface area contributed by atoms with Crippen molar-refractivity contribution >= 4 is 21.7 Å². The molecule has 0 bridgehead atoms. The Morgan fingerprint density at radius 2 is 1.63 bits per heavy atom. The van der Waals surface area contributed by atoms with Crippen molar-refractivity contribution in [3.63, 3.8) is 0 Å². The summed E-state index contributed by atoms with van der Waals surface area (Å²) in [6.45, 7) is 1.77. The average molecular weight is 329 g/mol. The minimum atomic E-state index is -1.32. The van der Waals surface area contributed by atoms with Crippen LogP contribution < -0.4 is 0 Å². The molecule has 5 heteroatoms. The fraction of sp³-hybridized carbons (Fsp3) is 0.0714. The molecule has 2 aromatic rings. The number of hydrogen-bond donors (Lipinski definition) is 0. The maximum atomic E-state index is 13.6. The van der Waals surface area contributed by atoms with E-state index in [0.29, 0.717) is 16.6 Å². The second-order valence-electron chi connectivity index (χ2n) is 4.01. The van der Waals surface area contributed by atoms with Crippen LogP contribution in [-0.4, -0.2) is 5.78 Å². The van der Waals surface area contributed by atoms with Gasteiger partial charge in [0.2, 0.25) is 0 Å². The number of carbonyl (C=O) groups is 1. The summed E-state index contributed by atoms with van der Waals surface area (Å²) < 4.78 is 40.0. The van der Waals surface area contributed by atoms with E-state index in [4.69, 9.17) is 0 Å². The first-order chi connectivity index (χ1) is 8.91. The van der Waals surface area contributed by atoms with Gasteiger partial charge in [0.1, 0.15) is 5.82 Å². The van der Waals surface area contributed by atoms with Gasteiger partial charge in [-0.05, 0) is 40.5 Å². The highest BCUT2D eigenvalue weighted by atomic mass is 79.9. The minimum absolute atomic E-state index is 0.199. The molecule has 0 amide bonds. The molecule has 0 radical (unpaired) electrons. The number of ketones is 1. The highest BCUT2D eigenvalue weighted by molar-refractivity contribution is 9.10. The second-order valence-corrected chi connectivity index (χ2v) is 4.80. The summed E-state index contributed by atoms with van der Waals surface area (Å²) in [7, 11) is 0. The molecular formula is C14H8BrF3O. The lowest BCUT2D eigenvalue weighted by Gasteiger charge is -2.07. The van der Waals surface area contributed by atoms with Crippen LogP contribution in [0.15, 0.2) is 34.8 Å². The smallest absolute Gasteiger partial charge is 0.197 e. The van der Waals surface area contributed by atoms with Crippen LogP contribution in [0.4, 0.5) is 13.2 Å². The minimum Gasteiger partial charge on any atom is -0.288 e. The molecule has 0 spiro atoms. The molecule has 0 saturated heterocycles. The zero-order valence-electron chi connectivity index (χ0n) is 9.81. The Morgan fingerprint density at radius 3 is 2.32 bits per heavy atom. The largest absolute Gasteiger partial charge is 0.288 e. The van der Waals surface area contributed by atoms with E-state index in [0.717, 1.165) is 5.56 Å². The Balaban J connectivity index is 2.56. The van der Waals surface area contributed by atoms with Crippen molar-refractivity contribution in [1.82, 2.24) is 0 Å². The molecule has 0 saturated carbocycles. The molecule has 0 unspecified atom stereocenters. The molecule has 1 nitrogen and oxygen atoms in total. The lowest BCUT2D eigenvalue weighted by atomic mass is 10.0. The molecule has 0 aliphatic heterocycles. The van der Waals surface area contributed by atoms with Crippen molar-refractivity contribution < 1.29 is 18.0 Å². The third-order valence-electron chi connectivity index (χ3n) is 2.69. The maximum absolute atomic E-state index is 13.6. The van der Waals surface area contributed by atoms with E-state index in [-0.39, 0.29) is 5.56 Å². The van der Waals surface area contributed by atoms with E-state index < -0.39 is 28.8 Å². The predicted octanol–water partition coefficient (Wildman–Crippen LogP) is 4.41. The van der Waals surface area contributed by atoms with Crippen molar-refractivity contribution in [3.05, 3.63) is 68.9 Å². The Labute approximate surface area is 116 Å². The van der Waals surface area contributed by atoms with E-state index in [1.54, 1.807) is 19.1 Å². The van der Waals surface area contributed by atoms with Crippen molar-refractivity contribution in [2.24, 2.45) is 0 Å². The Hall–Kier alpha value is -1.62. The monoisotopic (exact) mass is 328 g/mol. The van der Waals surface area contributed by atoms with Crippen LogP contribution in [0.1, 0.15) is 21.5 Å². The number of rotatable bonds is 2. The summed E-state index contributed by atoms with van der Waals surface area (Å²) in [6, 6.07) is 5.82. The Kier molecular flexibility index (Phi) is 3.75. The van der Waals surface area contributed by atoms with Gasteiger partial charge in [0.25, 0.3) is 0 Å². The normalized spacial score (nSPS) is 10.6. The highest BCUT2D eigenvalue weighted by Gasteiger charge is 2.20. The van der Waals surface area contributed by atoms with Crippen LogP contribution in [0, 0.1) is 24.4 Å². The first-order valence-corrected chi connectivity index (χ1v) is 6.15. The molecular weight excluding hydrogens is 321 g/mol. The van der Waals surface area contributed by atoms with Crippen LogP contribution in [0.25, 0.3) is 0 Å². The van der Waals surface area contributed by atoms with Gasteiger partial charge >= 0.3 is 0 Å². The number of hydrogen-bond acceptors (Lipinski definition) is 1. The topological polar surface area (TPSA) is 17.1 Å². The summed E-state index contributed by atoms with van der Waals surface area (Å²) >= 11 is 3.22. The van der Waals surface area contributed by atoms with Gasteiger partial charge in [-0.25, -0.2) is 13.2 Å². The lowest BCUT2D eigenvalue weighted by Crippen LogP contribution is -2.07. The van der Waals surface area contributed by atoms with E-state index in [9.17, 15) is 18.0 Å². The molecule has 0 fully saturated rings. The van der Waals surface area contributed by atoms with Crippen molar-refractivity contribution in [2.45, 2.75) is 6.92 Å². The number of benzene rings is 2. The number of halogens is 4. The van der Waals surface area contributed by atoms with Gasteiger partial charge in [-0.3, -0.25) is 4.79 Å².